The monoisotopic (exact) mass is 339 g/mol. The molecule has 0 spiro atoms. The van der Waals surface area contributed by atoms with Crippen LogP contribution in [0.1, 0.15) is 15.9 Å². The number of anilines is 1. The van der Waals surface area contributed by atoms with Gasteiger partial charge in [0.05, 0.1) is 0 Å². The van der Waals surface area contributed by atoms with E-state index < -0.39 is 11.6 Å². The van der Waals surface area contributed by atoms with Gasteiger partial charge in [-0.15, -0.1) is 0 Å². The number of benzene rings is 2. The molecule has 3 N–H and O–H groups in total. The van der Waals surface area contributed by atoms with E-state index in [1.807, 2.05) is 6.07 Å². The zero-order valence-electron chi connectivity index (χ0n) is 13.2. The maximum Gasteiger partial charge on any atom is 0.256 e. The van der Waals surface area contributed by atoms with Crippen LogP contribution < -0.4 is 11.1 Å². The molecule has 3 aromatic rings. The summed E-state index contributed by atoms with van der Waals surface area (Å²) in [5.74, 6) is -1.87. The molecule has 0 unspecified atom stereocenters. The second-order valence-electron chi connectivity index (χ2n) is 5.39. The van der Waals surface area contributed by atoms with Gasteiger partial charge in [-0.2, -0.15) is 0 Å². The van der Waals surface area contributed by atoms with Crippen molar-refractivity contribution >= 4 is 11.7 Å². The average molecular weight is 339 g/mol. The van der Waals surface area contributed by atoms with Crippen molar-refractivity contribution in [2.45, 2.75) is 6.54 Å². The molecule has 6 heteroatoms. The molecule has 0 bridgehead atoms. The van der Waals surface area contributed by atoms with Gasteiger partial charge in [-0.05, 0) is 35.9 Å². The summed E-state index contributed by atoms with van der Waals surface area (Å²) in [5.41, 5.74) is 7.40. The molecule has 0 aliphatic rings. The lowest BCUT2D eigenvalue weighted by molar-refractivity contribution is 0.102. The largest absolute Gasteiger partial charge is 0.326 e. The van der Waals surface area contributed by atoms with Gasteiger partial charge in [0.2, 0.25) is 0 Å². The topological polar surface area (TPSA) is 68.0 Å². The van der Waals surface area contributed by atoms with Gasteiger partial charge < -0.3 is 11.1 Å². The fraction of sp³-hybridized carbons (Fsp3) is 0.0526. The van der Waals surface area contributed by atoms with Gasteiger partial charge in [0.15, 0.2) is 11.6 Å². The molecule has 0 aliphatic heterocycles. The molecule has 0 saturated carbocycles. The lowest BCUT2D eigenvalue weighted by atomic mass is 10.1. The van der Waals surface area contributed by atoms with E-state index in [1.165, 1.54) is 24.4 Å². The Morgan fingerprint density at radius 2 is 1.88 bits per heavy atom. The van der Waals surface area contributed by atoms with Crippen molar-refractivity contribution in [1.29, 1.82) is 0 Å². The summed E-state index contributed by atoms with van der Waals surface area (Å²) in [6.45, 7) is 0.341. The molecule has 4 nitrogen and oxygen atoms in total. The summed E-state index contributed by atoms with van der Waals surface area (Å²) in [5, 5.41) is 2.66. The molecular formula is C19H15F2N3O. The standard InChI is InChI=1S/C19H15F2N3O/c20-16-6-2-5-15(18(16)21)14-7-8-17(23-11-14)24-19(25)13-4-1-3-12(9-13)10-22/h1-9,11H,10,22H2,(H,23,24,25). The Kier molecular flexibility index (Phi) is 4.81. The van der Waals surface area contributed by atoms with Crippen LogP contribution >= 0.6 is 0 Å². The number of nitrogens with zero attached hydrogens (tertiary/aromatic N) is 1. The minimum absolute atomic E-state index is 0.112. The van der Waals surface area contributed by atoms with Crippen LogP contribution in [0.25, 0.3) is 11.1 Å². The van der Waals surface area contributed by atoms with E-state index in [2.05, 4.69) is 10.3 Å². The molecular weight excluding hydrogens is 324 g/mol. The van der Waals surface area contributed by atoms with Gasteiger partial charge in [0.1, 0.15) is 5.82 Å². The normalized spacial score (nSPS) is 10.5. The van der Waals surface area contributed by atoms with Gasteiger partial charge in [-0.1, -0.05) is 24.3 Å². The number of halogens is 2. The lowest BCUT2D eigenvalue weighted by Crippen LogP contribution is -2.13. The number of rotatable bonds is 4. The molecule has 0 aliphatic carbocycles. The number of nitrogens with one attached hydrogen (secondary N) is 1. The SMILES string of the molecule is NCc1cccc(C(=O)Nc2ccc(-c3cccc(F)c3F)cn2)c1. The second-order valence-corrected chi connectivity index (χ2v) is 5.39. The molecule has 2 aromatic carbocycles. The van der Waals surface area contributed by atoms with Crippen LogP contribution in [0.15, 0.2) is 60.8 Å². The van der Waals surface area contributed by atoms with Crippen LogP contribution in [0.2, 0.25) is 0 Å². The van der Waals surface area contributed by atoms with E-state index >= 15 is 0 Å². The zero-order valence-corrected chi connectivity index (χ0v) is 13.2. The number of amides is 1. The van der Waals surface area contributed by atoms with Gasteiger partial charge in [0.25, 0.3) is 5.91 Å². The number of hydrogen-bond acceptors (Lipinski definition) is 3. The predicted octanol–water partition coefficient (Wildman–Crippen LogP) is 3.74. The average Bonchev–Trinajstić information content (AvgIpc) is 2.65. The van der Waals surface area contributed by atoms with Crippen molar-refractivity contribution in [3.8, 4) is 11.1 Å². The Bertz CT molecular complexity index is 911. The second kappa shape index (κ2) is 7.19. The van der Waals surface area contributed by atoms with E-state index in [-0.39, 0.29) is 11.5 Å². The number of hydrogen-bond donors (Lipinski definition) is 2. The first kappa shape index (κ1) is 16.7. The molecule has 0 radical (unpaired) electrons. The maximum atomic E-state index is 13.8. The minimum atomic E-state index is -0.931. The molecule has 0 saturated heterocycles. The number of aromatic nitrogens is 1. The first-order valence-corrected chi connectivity index (χ1v) is 7.59. The first-order chi connectivity index (χ1) is 12.1. The van der Waals surface area contributed by atoms with Crippen LogP contribution in [0.4, 0.5) is 14.6 Å². The van der Waals surface area contributed by atoms with Crippen LogP contribution in [0.5, 0.6) is 0 Å². The number of nitrogens with two attached hydrogens (primary N) is 1. The third kappa shape index (κ3) is 3.70. The molecule has 126 valence electrons. The molecule has 0 atom stereocenters. The highest BCUT2D eigenvalue weighted by Gasteiger charge is 2.11. The highest BCUT2D eigenvalue weighted by Crippen LogP contribution is 2.24. The van der Waals surface area contributed by atoms with Gasteiger partial charge in [-0.25, -0.2) is 13.8 Å². The summed E-state index contributed by atoms with van der Waals surface area (Å²) in [7, 11) is 0. The van der Waals surface area contributed by atoms with Gasteiger partial charge in [-0.3, -0.25) is 4.79 Å². The fourth-order valence-corrected chi connectivity index (χ4v) is 2.38. The summed E-state index contributed by atoms with van der Waals surface area (Å²) in [6.07, 6.45) is 1.38. The summed E-state index contributed by atoms with van der Waals surface area (Å²) >= 11 is 0. The van der Waals surface area contributed by atoms with E-state index in [4.69, 9.17) is 5.73 Å². The predicted molar refractivity (Wildman–Crippen MR) is 91.9 cm³/mol. The number of carbonyl (C=O) groups is 1. The molecule has 1 heterocycles. The highest BCUT2D eigenvalue weighted by molar-refractivity contribution is 6.03. The fourth-order valence-electron chi connectivity index (χ4n) is 2.38. The maximum absolute atomic E-state index is 13.8. The Labute approximate surface area is 143 Å². The summed E-state index contributed by atoms with van der Waals surface area (Å²) in [4.78, 5) is 16.3. The smallest absolute Gasteiger partial charge is 0.256 e. The summed E-state index contributed by atoms with van der Waals surface area (Å²) in [6, 6.07) is 14.0. The first-order valence-electron chi connectivity index (χ1n) is 7.59. The third-order valence-electron chi connectivity index (χ3n) is 3.69. The van der Waals surface area contributed by atoms with Crippen molar-refractivity contribution in [3.63, 3.8) is 0 Å². The Balaban J connectivity index is 1.78. The van der Waals surface area contributed by atoms with Crippen molar-refractivity contribution in [1.82, 2.24) is 4.98 Å². The van der Waals surface area contributed by atoms with E-state index in [0.717, 1.165) is 11.6 Å². The van der Waals surface area contributed by atoms with Crippen molar-refractivity contribution in [3.05, 3.63) is 83.6 Å². The molecule has 3 rings (SSSR count). The Morgan fingerprint density at radius 1 is 1.08 bits per heavy atom. The minimum Gasteiger partial charge on any atom is -0.326 e. The van der Waals surface area contributed by atoms with Crippen LogP contribution in [-0.2, 0) is 6.54 Å². The zero-order chi connectivity index (χ0) is 17.8. The van der Waals surface area contributed by atoms with Gasteiger partial charge in [0, 0.05) is 29.4 Å². The van der Waals surface area contributed by atoms with Crippen LogP contribution in [0, 0.1) is 11.6 Å². The molecule has 1 amide bonds. The van der Waals surface area contributed by atoms with Gasteiger partial charge >= 0.3 is 0 Å². The van der Waals surface area contributed by atoms with Crippen molar-refractivity contribution < 1.29 is 13.6 Å². The third-order valence-corrected chi connectivity index (χ3v) is 3.69. The Morgan fingerprint density at radius 3 is 2.60 bits per heavy atom. The molecule has 25 heavy (non-hydrogen) atoms. The lowest BCUT2D eigenvalue weighted by Gasteiger charge is -2.08. The van der Waals surface area contributed by atoms with Crippen molar-refractivity contribution in [2.75, 3.05) is 5.32 Å². The van der Waals surface area contributed by atoms with Crippen molar-refractivity contribution in [2.24, 2.45) is 5.73 Å². The highest BCUT2D eigenvalue weighted by atomic mass is 19.2. The Hall–Kier alpha value is -3.12. The number of carbonyl (C=O) groups excluding carboxylic acids is 1. The van der Waals surface area contributed by atoms with Crippen LogP contribution in [-0.4, -0.2) is 10.9 Å². The van der Waals surface area contributed by atoms with E-state index in [1.54, 1.807) is 24.3 Å². The van der Waals surface area contributed by atoms with Crippen LogP contribution in [0.3, 0.4) is 0 Å². The molecule has 1 aromatic heterocycles. The van der Waals surface area contributed by atoms with E-state index in [9.17, 15) is 13.6 Å². The quantitative estimate of drug-likeness (QED) is 0.761. The van der Waals surface area contributed by atoms with E-state index in [0.29, 0.717) is 23.5 Å². The summed E-state index contributed by atoms with van der Waals surface area (Å²) < 4.78 is 27.1. The number of pyridine rings is 1. The molecule has 0 fully saturated rings.